The molecule has 0 unspecified atom stereocenters. The Morgan fingerprint density at radius 1 is 1.19 bits per heavy atom. The molecule has 2 heterocycles. The molecular formula is C24H27Cl2N3O3. The van der Waals surface area contributed by atoms with Crippen LogP contribution in [0.4, 0.5) is 0 Å². The minimum Gasteiger partial charge on any atom is -0.328 e. The predicted molar refractivity (Wildman–Crippen MR) is 123 cm³/mol. The summed E-state index contributed by atoms with van der Waals surface area (Å²) >= 11 is 12.7. The lowest BCUT2D eigenvalue weighted by Crippen LogP contribution is -2.45. The van der Waals surface area contributed by atoms with Crippen LogP contribution in [0.3, 0.4) is 0 Å². The molecule has 0 spiro atoms. The van der Waals surface area contributed by atoms with E-state index in [0.29, 0.717) is 24.5 Å². The van der Waals surface area contributed by atoms with E-state index in [1.807, 2.05) is 24.3 Å². The highest BCUT2D eigenvalue weighted by molar-refractivity contribution is 6.48. The van der Waals surface area contributed by atoms with Gasteiger partial charge in [-0.1, -0.05) is 24.6 Å². The number of carbonyl (C=O) groups is 3. The van der Waals surface area contributed by atoms with Crippen LogP contribution in [-0.4, -0.2) is 48.6 Å². The maximum absolute atomic E-state index is 13.4. The molecule has 6 nitrogen and oxygen atoms in total. The van der Waals surface area contributed by atoms with Crippen LogP contribution in [0.1, 0.15) is 62.4 Å². The van der Waals surface area contributed by atoms with Gasteiger partial charge in [-0.3, -0.25) is 19.1 Å². The Bertz CT molecular complexity index is 1100. The molecule has 5 rings (SSSR count). The number of rotatable bonds is 6. The number of hydrogen-bond acceptors (Lipinski definition) is 4. The van der Waals surface area contributed by atoms with Crippen molar-refractivity contribution < 1.29 is 14.4 Å². The third kappa shape index (κ3) is 4.08. The molecule has 3 aliphatic rings. The summed E-state index contributed by atoms with van der Waals surface area (Å²) in [5, 5.41) is 5.17. The van der Waals surface area contributed by atoms with E-state index < -0.39 is 4.33 Å². The van der Waals surface area contributed by atoms with Gasteiger partial charge in [0, 0.05) is 24.8 Å². The number of benzene rings is 1. The smallest absolute Gasteiger partial charge is 0.245 e. The van der Waals surface area contributed by atoms with Gasteiger partial charge in [0.2, 0.25) is 5.91 Å². The number of halogens is 2. The van der Waals surface area contributed by atoms with E-state index in [2.05, 4.69) is 5.10 Å². The molecule has 1 amide bonds. The molecule has 3 fully saturated rings. The fourth-order valence-corrected chi connectivity index (χ4v) is 6.39. The first kappa shape index (κ1) is 21.9. The van der Waals surface area contributed by atoms with Crippen LogP contribution in [0, 0.1) is 11.8 Å². The molecule has 1 aliphatic heterocycles. The van der Waals surface area contributed by atoms with Crippen molar-refractivity contribution in [2.24, 2.45) is 11.8 Å². The molecule has 4 atom stereocenters. The number of likely N-dealkylation sites (tertiary alicyclic amines) is 1. The third-order valence-electron chi connectivity index (χ3n) is 7.27. The van der Waals surface area contributed by atoms with Gasteiger partial charge in [0.05, 0.1) is 11.6 Å². The monoisotopic (exact) mass is 475 g/mol. The largest absolute Gasteiger partial charge is 0.328 e. The number of para-hydroxylation sites is 1. The van der Waals surface area contributed by atoms with E-state index >= 15 is 0 Å². The van der Waals surface area contributed by atoms with Gasteiger partial charge in [0.15, 0.2) is 11.6 Å². The fourth-order valence-electron chi connectivity index (χ4n) is 5.69. The molecule has 2 aliphatic carbocycles. The molecule has 2 saturated carbocycles. The summed E-state index contributed by atoms with van der Waals surface area (Å²) in [5.41, 5.74) is 1.12. The highest BCUT2D eigenvalue weighted by atomic mass is 35.5. The molecule has 1 aromatic heterocycles. The van der Waals surface area contributed by atoms with Crippen LogP contribution >= 0.6 is 23.2 Å². The van der Waals surface area contributed by atoms with Crippen LogP contribution in [0.15, 0.2) is 24.3 Å². The first-order valence-corrected chi connectivity index (χ1v) is 12.2. The summed E-state index contributed by atoms with van der Waals surface area (Å²) in [4.78, 5) is 40.4. The number of Topliss-reactive ketones (excluding diaryl/α,β-unsaturated/α-hetero) is 2. The van der Waals surface area contributed by atoms with Crippen molar-refractivity contribution in [3.05, 3.63) is 30.0 Å². The Hall–Kier alpha value is -1.92. The minimum atomic E-state index is -0.744. The zero-order chi connectivity index (χ0) is 22.6. The SMILES string of the molecule is CC(=O)c1nn(CC(=O)N2[C@@H]3C[C@@H]3C[C@H]2C(=O)C[C@H]2CCCC(Cl)(Cl)C2)c2ccccc12. The lowest BCUT2D eigenvalue weighted by molar-refractivity contribution is -0.140. The standard InChI is InChI=1S/C24H27Cl2N3O3/c1-14(30)23-17-6-2-3-7-18(17)28(27-23)13-22(32)29-19-10-16(19)11-20(29)21(31)9-15-5-4-8-24(25,26)12-15/h2-3,6-7,15-16,19-20H,4-5,8-13H2,1H3/t15-,16-,19-,20+/m1/s1. The van der Waals surface area contributed by atoms with Gasteiger partial charge in [-0.2, -0.15) is 5.10 Å². The van der Waals surface area contributed by atoms with E-state index in [1.54, 1.807) is 9.58 Å². The summed E-state index contributed by atoms with van der Waals surface area (Å²) < 4.78 is 0.855. The van der Waals surface area contributed by atoms with E-state index in [9.17, 15) is 14.4 Å². The van der Waals surface area contributed by atoms with Crippen molar-refractivity contribution in [3.63, 3.8) is 0 Å². The van der Waals surface area contributed by atoms with Crippen molar-refractivity contribution in [1.29, 1.82) is 0 Å². The Morgan fingerprint density at radius 2 is 1.97 bits per heavy atom. The lowest BCUT2D eigenvalue weighted by atomic mass is 9.83. The quantitative estimate of drug-likeness (QED) is 0.453. The number of fused-ring (bicyclic) bond motifs is 2. The zero-order valence-electron chi connectivity index (χ0n) is 18.1. The maximum atomic E-state index is 13.4. The number of piperidine rings is 1. The van der Waals surface area contributed by atoms with Crippen LogP contribution in [0.5, 0.6) is 0 Å². The first-order valence-electron chi connectivity index (χ1n) is 11.4. The van der Waals surface area contributed by atoms with Crippen LogP contribution in [0.25, 0.3) is 10.9 Å². The van der Waals surface area contributed by atoms with E-state index in [0.717, 1.165) is 43.0 Å². The molecule has 32 heavy (non-hydrogen) atoms. The molecule has 1 aromatic carbocycles. The molecule has 0 radical (unpaired) electrons. The van der Waals surface area contributed by atoms with Gasteiger partial charge < -0.3 is 4.90 Å². The number of carbonyl (C=O) groups excluding carboxylic acids is 3. The predicted octanol–water partition coefficient (Wildman–Crippen LogP) is 4.55. The van der Waals surface area contributed by atoms with Gasteiger partial charge in [-0.25, -0.2) is 0 Å². The third-order valence-corrected chi connectivity index (χ3v) is 7.96. The number of aromatic nitrogens is 2. The molecule has 8 heteroatoms. The molecular weight excluding hydrogens is 449 g/mol. The Balaban J connectivity index is 1.33. The van der Waals surface area contributed by atoms with E-state index in [4.69, 9.17) is 23.2 Å². The molecule has 1 saturated heterocycles. The summed E-state index contributed by atoms with van der Waals surface area (Å²) in [5.74, 6) is 0.474. The van der Waals surface area contributed by atoms with E-state index in [1.165, 1.54) is 6.92 Å². The van der Waals surface area contributed by atoms with E-state index in [-0.39, 0.29) is 42.0 Å². The van der Waals surface area contributed by atoms with Crippen molar-refractivity contribution in [2.75, 3.05) is 0 Å². The average molecular weight is 476 g/mol. The Morgan fingerprint density at radius 3 is 2.72 bits per heavy atom. The number of amides is 1. The number of ketones is 2. The maximum Gasteiger partial charge on any atom is 0.245 e. The van der Waals surface area contributed by atoms with Crippen molar-refractivity contribution in [1.82, 2.24) is 14.7 Å². The summed E-state index contributed by atoms with van der Waals surface area (Å²) in [6, 6.07) is 7.21. The van der Waals surface area contributed by atoms with Crippen LogP contribution < -0.4 is 0 Å². The molecule has 0 N–H and O–H groups in total. The summed E-state index contributed by atoms with van der Waals surface area (Å²) in [6.45, 7) is 1.50. The number of nitrogens with zero attached hydrogens (tertiary/aromatic N) is 3. The van der Waals surface area contributed by atoms with Gasteiger partial charge in [0.1, 0.15) is 16.6 Å². The summed E-state index contributed by atoms with van der Waals surface area (Å²) in [6.07, 6.45) is 5.40. The van der Waals surface area contributed by atoms with Gasteiger partial charge in [-0.15, -0.1) is 23.2 Å². The second kappa shape index (κ2) is 8.14. The second-order valence-electron chi connectivity index (χ2n) is 9.68. The Kier molecular flexibility index (Phi) is 5.57. The van der Waals surface area contributed by atoms with Crippen molar-refractivity contribution in [3.8, 4) is 0 Å². The minimum absolute atomic E-state index is 0.0245. The highest BCUT2D eigenvalue weighted by Crippen LogP contribution is 2.49. The number of hydrogen-bond donors (Lipinski definition) is 0. The molecule has 170 valence electrons. The zero-order valence-corrected chi connectivity index (χ0v) is 19.6. The Labute approximate surface area is 197 Å². The first-order chi connectivity index (χ1) is 15.2. The van der Waals surface area contributed by atoms with Crippen LogP contribution in [-0.2, 0) is 16.1 Å². The van der Waals surface area contributed by atoms with Gasteiger partial charge >= 0.3 is 0 Å². The number of alkyl halides is 2. The fraction of sp³-hybridized carbons (Fsp3) is 0.583. The van der Waals surface area contributed by atoms with Crippen LogP contribution in [0.2, 0.25) is 0 Å². The highest BCUT2D eigenvalue weighted by Gasteiger charge is 2.55. The van der Waals surface area contributed by atoms with Gasteiger partial charge in [0.25, 0.3) is 0 Å². The molecule has 2 aromatic rings. The average Bonchev–Trinajstić information content (AvgIpc) is 3.23. The van der Waals surface area contributed by atoms with Crippen molar-refractivity contribution >= 4 is 51.6 Å². The topological polar surface area (TPSA) is 72.3 Å². The molecule has 0 bridgehead atoms. The lowest BCUT2D eigenvalue weighted by Gasteiger charge is -2.33. The summed E-state index contributed by atoms with van der Waals surface area (Å²) in [7, 11) is 0. The van der Waals surface area contributed by atoms with Crippen molar-refractivity contribution in [2.45, 2.75) is 74.8 Å². The second-order valence-corrected chi connectivity index (χ2v) is 11.3. The van der Waals surface area contributed by atoms with Gasteiger partial charge in [-0.05, 0) is 50.0 Å². The normalized spacial score (nSPS) is 28.5.